The molecular formula is C27H23BrFN9O3. The van der Waals surface area contributed by atoms with Crippen LogP contribution in [0.3, 0.4) is 0 Å². The third-order valence-electron chi connectivity index (χ3n) is 6.87. The third-order valence-corrected chi connectivity index (χ3v) is 7.25. The molecular weight excluding hydrogens is 597 g/mol. The Hall–Kier alpha value is -4.59. The zero-order chi connectivity index (χ0) is 28.8. The molecule has 5 heterocycles. The molecule has 1 aromatic carbocycles. The first-order chi connectivity index (χ1) is 19.7. The molecule has 41 heavy (non-hydrogen) atoms. The second kappa shape index (κ2) is 10.4. The lowest BCUT2D eigenvalue weighted by Crippen LogP contribution is -2.44. The van der Waals surface area contributed by atoms with Gasteiger partial charge in [-0.3, -0.25) is 24.0 Å². The Morgan fingerprint density at radius 1 is 1.10 bits per heavy atom. The number of Topliss-reactive ketones (excluding diaryl/α,β-unsaturated/α-hetero) is 1. The number of anilines is 1. The predicted octanol–water partition coefficient (Wildman–Crippen LogP) is 3.39. The number of alkyl halides is 1. The monoisotopic (exact) mass is 619 g/mol. The van der Waals surface area contributed by atoms with Crippen molar-refractivity contribution in [2.75, 3.05) is 11.9 Å². The van der Waals surface area contributed by atoms with E-state index in [9.17, 15) is 18.8 Å². The van der Waals surface area contributed by atoms with Gasteiger partial charge in [0.2, 0.25) is 11.8 Å². The van der Waals surface area contributed by atoms with Gasteiger partial charge in [-0.2, -0.15) is 10.2 Å². The van der Waals surface area contributed by atoms with Gasteiger partial charge >= 0.3 is 0 Å². The Balaban J connectivity index is 1.28. The number of hydrogen-bond acceptors (Lipinski definition) is 8. The van der Waals surface area contributed by atoms with Gasteiger partial charge in [0.1, 0.15) is 34.9 Å². The maximum atomic E-state index is 14.5. The molecule has 12 nitrogen and oxygen atoms in total. The molecule has 0 radical (unpaired) electrons. The van der Waals surface area contributed by atoms with E-state index in [4.69, 9.17) is 0 Å². The summed E-state index contributed by atoms with van der Waals surface area (Å²) >= 11 is 3.19. The molecule has 2 amide bonds. The molecule has 0 unspecified atom stereocenters. The van der Waals surface area contributed by atoms with E-state index in [2.05, 4.69) is 46.4 Å². The highest BCUT2D eigenvalue weighted by atomic mass is 79.9. The zero-order valence-electron chi connectivity index (χ0n) is 22.0. The fraction of sp³-hybridized carbons (Fsp3) is 0.259. The van der Waals surface area contributed by atoms with E-state index in [1.807, 2.05) is 37.4 Å². The number of benzene rings is 1. The smallest absolute Gasteiger partial charge is 0.248 e. The fourth-order valence-corrected chi connectivity index (χ4v) is 5.35. The number of carbonyl (C=O) groups excluding carboxylic acids is 3. The van der Waals surface area contributed by atoms with Crippen LogP contribution in [0.15, 0.2) is 53.5 Å². The van der Waals surface area contributed by atoms with Gasteiger partial charge < -0.3 is 10.2 Å². The van der Waals surface area contributed by atoms with Gasteiger partial charge in [-0.1, -0.05) is 6.07 Å². The molecule has 0 aliphatic carbocycles. The van der Waals surface area contributed by atoms with Gasteiger partial charge in [0, 0.05) is 30.5 Å². The van der Waals surface area contributed by atoms with Crippen molar-refractivity contribution in [2.24, 2.45) is 0 Å². The number of amides is 2. The van der Waals surface area contributed by atoms with Crippen LogP contribution in [0, 0.1) is 6.92 Å². The first-order valence-corrected chi connectivity index (χ1v) is 13.5. The minimum Gasteiger partial charge on any atom is -0.326 e. The molecule has 4 aromatic heterocycles. The lowest BCUT2D eigenvalue weighted by Gasteiger charge is -2.23. The van der Waals surface area contributed by atoms with E-state index in [1.54, 1.807) is 10.6 Å². The number of ketones is 1. The summed E-state index contributed by atoms with van der Waals surface area (Å²) in [5.41, 5.74) is 3.17. The Bertz CT molecular complexity index is 1850. The van der Waals surface area contributed by atoms with Crippen molar-refractivity contribution in [3.05, 3.63) is 65.0 Å². The van der Waals surface area contributed by atoms with E-state index < -0.39 is 24.0 Å². The van der Waals surface area contributed by atoms with Crippen LogP contribution in [0.5, 0.6) is 0 Å². The number of pyridine rings is 1. The van der Waals surface area contributed by atoms with Crippen LogP contribution in [0.4, 0.5) is 10.2 Å². The molecule has 1 aliphatic rings. The van der Waals surface area contributed by atoms with Gasteiger partial charge in [-0.25, -0.2) is 18.9 Å². The summed E-state index contributed by atoms with van der Waals surface area (Å²) in [6.07, 6.45) is 3.16. The summed E-state index contributed by atoms with van der Waals surface area (Å²) < 4.78 is 18.0. The van der Waals surface area contributed by atoms with E-state index in [1.165, 1.54) is 28.9 Å². The standard InChI is InChI=1S/C27H23BrFN9O3/c1-14(39)26-19-7-16(17-4-6-24-31-15(2)34-38(24)11-17)3-5-20(19)37(35-26)13-25(40)36-12-18(29)8-21(36)27(41)33-23-10-30-9-22(28)32-23/h3-7,9-11,18,21H,8,12-13H2,1-2H3,(H,32,33,41)/t18-,21+/m1/s1. The topological polar surface area (TPSA) is 140 Å². The summed E-state index contributed by atoms with van der Waals surface area (Å²) in [5, 5.41) is 12.0. The summed E-state index contributed by atoms with van der Waals surface area (Å²) in [6.45, 7) is 2.72. The molecule has 6 rings (SSSR count). The average Bonchev–Trinajstić information content (AvgIpc) is 3.62. The van der Waals surface area contributed by atoms with E-state index in [0.29, 0.717) is 21.3 Å². The Labute approximate surface area is 240 Å². The van der Waals surface area contributed by atoms with Crippen molar-refractivity contribution in [2.45, 2.75) is 39.0 Å². The van der Waals surface area contributed by atoms with Crippen molar-refractivity contribution >= 4 is 55.9 Å². The van der Waals surface area contributed by atoms with Crippen LogP contribution in [0.1, 0.15) is 29.7 Å². The molecule has 1 N–H and O–H groups in total. The minimum absolute atomic E-state index is 0.142. The van der Waals surface area contributed by atoms with E-state index in [-0.39, 0.29) is 36.8 Å². The normalized spacial score (nSPS) is 16.9. The first-order valence-electron chi connectivity index (χ1n) is 12.7. The molecule has 208 valence electrons. The highest BCUT2D eigenvalue weighted by molar-refractivity contribution is 9.10. The van der Waals surface area contributed by atoms with Gasteiger partial charge in [0.15, 0.2) is 17.2 Å². The third kappa shape index (κ3) is 5.17. The Kier molecular flexibility index (Phi) is 6.77. The van der Waals surface area contributed by atoms with Crippen molar-refractivity contribution in [3.63, 3.8) is 0 Å². The second-order valence-electron chi connectivity index (χ2n) is 9.79. The first kappa shape index (κ1) is 26.6. The van der Waals surface area contributed by atoms with Crippen LogP contribution < -0.4 is 5.32 Å². The quantitative estimate of drug-likeness (QED) is 0.285. The van der Waals surface area contributed by atoms with Gasteiger partial charge in [-0.05, 0) is 52.7 Å². The number of aryl methyl sites for hydroxylation is 1. The van der Waals surface area contributed by atoms with Crippen LogP contribution in [-0.4, -0.2) is 75.6 Å². The van der Waals surface area contributed by atoms with E-state index >= 15 is 0 Å². The summed E-state index contributed by atoms with van der Waals surface area (Å²) in [6, 6.07) is 8.23. The fourth-order valence-electron chi connectivity index (χ4n) is 5.04. The summed E-state index contributed by atoms with van der Waals surface area (Å²) in [4.78, 5) is 52.5. The van der Waals surface area contributed by atoms with Crippen LogP contribution in [0.2, 0.25) is 0 Å². The number of nitrogens with zero attached hydrogens (tertiary/aromatic N) is 8. The maximum absolute atomic E-state index is 14.5. The number of nitrogens with one attached hydrogen (secondary N) is 1. The van der Waals surface area contributed by atoms with Crippen molar-refractivity contribution in [3.8, 4) is 11.1 Å². The molecule has 5 aromatic rings. The highest BCUT2D eigenvalue weighted by Gasteiger charge is 2.40. The number of carbonyl (C=O) groups is 3. The Morgan fingerprint density at radius 2 is 1.90 bits per heavy atom. The Morgan fingerprint density at radius 3 is 2.68 bits per heavy atom. The number of fused-ring (bicyclic) bond motifs is 2. The van der Waals surface area contributed by atoms with E-state index in [0.717, 1.165) is 16.8 Å². The largest absolute Gasteiger partial charge is 0.326 e. The average molecular weight is 620 g/mol. The molecule has 0 bridgehead atoms. The van der Waals surface area contributed by atoms with Crippen LogP contribution in [0.25, 0.3) is 27.7 Å². The number of halogens is 2. The SMILES string of the molecule is CC(=O)c1nn(CC(=O)N2C[C@H](F)C[C@H]2C(=O)Nc2cncc(Br)n2)c2ccc(-c3ccc4nc(C)nn4c3)cc12. The van der Waals surface area contributed by atoms with Gasteiger partial charge in [0.25, 0.3) is 0 Å². The summed E-state index contributed by atoms with van der Waals surface area (Å²) in [5.74, 6) is -0.498. The maximum Gasteiger partial charge on any atom is 0.248 e. The molecule has 14 heteroatoms. The molecule has 0 spiro atoms. The lowest BCUT2D eigenvalue weighted by atomic mass is 10.0. The minimum atomic E-state index is -1.36. The van der Waals surface area contributed by atoms with Gasteiger partial charge in [0.05, 0.1) is 24.5 Å². The number of hydrogen-bond donors (Lipinski definition) is 1. The number of likely N-dealkylation sites (tertiary alicyclic amines) is 1. The lowest BCUT2D eigenvalue weighted by molar-refractivity contribution is -0.137. The molecule has 1 saturated heterocycles. The van der Waals surface area contributed by atoms with Crippen LogP contribution >= 0.6 is 15.9 Å². The molecule has 1 fully saturated rings. The van der Waals surface area contributed by atoms with Crippen LogP contribution in [-0.2, 0) is 16.1 Å². The second-order valence-corrected chi connectivity index (χ2v) is 10.6. The number of aromatic nitrogens is 7. The highest BCUT2D eigenvalue weighted by Crippen LogP contribution is 2.28. The van der Waals surface area contributed by atoms with Crippen molar-refractivity contribution in [1.29, 1.82) is 0 Å². The van der Waals surface area contributed by atoms with Crippen molar-refractivity contribution < 1.29 is 18.8 Å². The number of rotatable bonds is 6. The predicted molar refractivity (Wildman–Crippen MR) is 150 cm³/mol. The van der Waals surface area contributed by atoms with Crippen molar-refractivity contribution in [1.82, 2.24) is 39.2 Å². The molecule has 1 aliphatic heterocycles. The zero-order valence-corrected chi connectivity index (χ0v) is 23.5. The molecule has 2 atom stereocenters. The van der Waals surface area contributed by atoms with Gasteiger partial charge in [-0.15, -0.1) is 0 Å². The molecule has 0 saturated carbocycles. The summed E-state index contributed by atoms with van der Waals surface area (Å²) in [7, 11) is 0.